The Bertz CT molecular complexity index is 380. The molecule has 5 heteroatoms. The maximum atomic E-state index is 8.63. The second-order valence-corrected chi connectivity index (χ2v) is 3.76. The summed E-state index contributed by atoms with van der Waals surface area (Å²) in [5, 5.41) is 12.1. The van der Waals surface area contributed by atoms with Crippen molar-refractivity contribution in [3.63, 3.8) is 0 Å². The van der Waals surface area contributed by atoms with Crippen LogP contribution in [-0.4, -0.2) is 17.6 Å². The van der Waals surface area contributed by atoms with Crippen LogP contribution in [0.2, 0.25) is 5.02 Å². The molecule has 0 spiro atoms. The number of amidine groups is 1. The third kappa shape index (κ3) is 3.31. The number of ether oxygens (including phenoxy) is 1. The third-order valence-electron chi connectivity index (χ3n) is 2.08. The predicted octanol–water partition coefficient (Wildman–Crippen LogP) is 2.61. The fourth-order valence-electron chi connectivity index (χ4n) is 1.21. The Labute approximate surface area is 99.7 Å². The number of hydrogen-bond donors (Lipinski definition) is 2. The minimum Gasteiger partial charge on any atom is -0.493 e. The molecule has 0 amide bonds. The lowest BCUT2D eigenvalue weighted by atomic mass is 10.2. The molecule has 0 radical (unpaired) electrons. The first-order valence-electron chi connectivity index (χ1n) is 5.09. The summed E-state index contributed by atoms with van der Waals surface area (Å²) in [4.78, 5) is 0. The normalized spacial score (nSPS) is 11.5. The van der Waals surface area contributed by atoms with Crippen molar-refractivity contribution in [3.05, 3.63) is 28.8 Å². The highest BCUT2D eigenvalue weighted by Crippen LogP contribution is 2.23. The van der Waals surface area contributed by atoms with Crippen LogP contribution in [0.1, 0.15) is 25.3 Å². The molecule has 88 valence electrons. The summed E-state index contributed by atoms with van der Waals surface area (Å²) in [5.74, 6) is 0.555. The average molecular weight is 243 g/mol. The fraction of sp³-hybridized carbons (Fsp3) is 0.364. The second kappa shape index (κ2) is 6.23. The quantitative estimate of drug-likeness (QED) is 0.274. The van der Waals surface area contributed by atoms with Crippen molar-refractivity contribution in [1.29, 1.82) is 0 Å². The largest absolute Gasteiger partial charge is 0.493 e. The van der Waals surface area contributed by atoms with Gasteiger partial charge < -0.3 is 15.7 Å². The molecule has 1 aromatic rings. The summed E-state index contributed by atoms with van der Waals surface area (Å²) in [6, 6.07) is 4.99. The Morgan fingerprint density at radius 2 is 2.31 bits per heavy atom. The summed E-state index contributed by atoms with van der Waals surface area (Å²) in [6.07, 6.45) is 1.99. The van der Waals surface area contributed by atoms with Crippen LogP contribution in [0.25, 0.3) is 0 Å². The van der Waals surface area contributed by atoms with E-state index in [1.54, 1.807) is 18.2 Å². The number of hydrogen-bond acceptors (Lipinski definition) is 3. The van der Waals surface area contributed by atoms with Gasteiger partial charge in [-0.25, -0.2) is 0 Å². The van der Waals surface area contributed by atoms with Gasteiger partial charge in [-0.1, -0.05) is 30.1 Å². The van der Waals surface area contributed by atoms with Crippen molar-refractivity contribution < 1.29 is 9.94 Å². The molecule has 0 bridgehead atoms. The van der Waals surface area contributed by atoms with Gasteiger partial charge in [0, 0.05) is 5.02 Å². The van der Waals surface area contributed by atoms with E-state index in [0.29, 0.717) is 22.9 Å². The van der Waals surface area contributed by atoms with Crippen LogP contribution < -0.4 is 10.5 Å². The Morgan fingerprint density at radius 1 is 1.56 bits per heavy atom. The second-order valence-electron chi connectivity index (χ2n) is 3.33. The molecule has 0 saturated carbocycles. The van der Waals surface area contributed by atoms with Crippen LogP contribution in [0.4, 0.5) is 0 Å². The van der Waals surface area contributed by atoms with Gasteiger partial charge in [0.1, 0.15) is 5.75 Å². The standard InChI is InChI=1S/C11H15ClN2O2/c1-2-3-6-16-10-7-8(12)4-5-9(10)11(13)14-15/h4-5,7,15H,2-3,6H2,1H3,(H2,13,14). The van der Waals surface area contributed by atoms with Crippen LogP contribution in [0.5, 0.6) is 5.75 Å². The maximum Gasteiger partial charge on any atom is 0.173 e. The Balaban J connectivity index is 2.90. The van der Waals surface area contributed by atoms with E-state index in [0.717, 1.165) is 12.8 Å². The molecular formula is C11H15ClN2O2. The first kappa shape index (κ1) is 12.6. The van der Waals surface area contributed by atoms with Crippen molar-refractivity contribution >= 4 is 17.4 Å². The smallest absolute Gasteiger partial charge is 0.173 e. The number of halogens is 1. The number of unbranched alkanes of at least 4 members (excludes halogenated alkanes) is 1. The van der Waals surface area contributed by atoms with Crippen molar-refractivity contribution in [1.82, 2.24) is 0 Å². The number of rotatable bonds is 5. The van der Waals surface area contributed by atoms with Gasteiger partial charge in [-0.05, 0) is 24.6 Å². The topological polar surface area (TPSA) is 67.8 Å². The van der Waals surface area contributed by atoms with Gasteiger partial charge in [-0.3, -0.25) is 0 Å². The van der Waals surface area contributed by atoms with Gasteiger partial charge in [-0.2, -0.15) is 0 Å². The summed E-state index contributed by atoms with van der Waals surface area (Å²) >= 11 is 5.85. The Hall–Kier alpha value is -1.42. The highest BCUT2D eigenvalue weighted by atomic mass is 35.5. The van der Waals surface area contributed by atoms with E-state index in [4.69, 9.17) is 27.3 Å². The lowest BCUT2D eigenvalue weighted by Gasteiger charge is -2.10. The first-order chi connectivity index (χ1) is 7.69. The third-order valence-corrected chi connectivity index (χ3v) is 2.32. The average Bonchev–Trinajstić information content (AvgIpc) is 2.29. The Morgan fingerprint density at radius 3 is 2.94 bits per heavy atom. The molecule has 0 aliphatic heterocycles. The molecule has 4 nitrogen and oxygen atoms in total. The molecule has 0 atom stereocenters. The highest BCUT2D eigenvalue weighted by molar-refractivity contribution is 6.30. The highest BCUT2D eigenvalue weighted by Gasteiger charge is 2.08. The van der Waals surface area contributed by atoms with Crippen molar-refractivity contribution in [2.75, 3.05) is 6.61 Å². The van der Waals surface area contributed by atoms with Crippen LogP contribution in [0, 0.1) is 0 Å². The summed E-state index contributed by atoms with van der Waals surface area (Å²) in [5.41, 5.74) is 6.07. The predicted molar refractivity (Wildman–Crippen MR) is 64.4 cm³/mol. The lowest BCUT2D eigenvalue weighted by molar-refractivity contribution is 0.306. The van der Waals surface area contributed by atoms with E-state index in [9.17, 15) is 0 Å². The van der Waals surface area contributed by atoms with Crippen molar-refractivity contribution in [2.45, 2.75) is 19.8 Å². The Kier molecular flexibility index (Phi) is 4.92. The van der Waals surface area contributed by atoms with Gasteiger partial charge in [0.15, 0.2) is 5.84 Å². The fourth-order valence-corrected chi connectivity index (χ4v) is 1.37. The van der Waals surface area contributed by atoms with Gasteiger partial charge in [0.25, 0.3) is 0 Å². The molecule has 0 aliphatic rings. The van der Waals surface area contributed by atoms with E-state index in [2.05, 4.69) is 12.1 Å². The molecular weight excluding hydrogens is 228 g/mol. The molecule has 0 fully saturated rings. The van der Waals surface area contributed by atoms with E-state index in [-0.39, 0.29) is 5.84 Å². The number of nitrogens with two attached hydrogens (primary N) is 1. The molecule has 0 unspecified atom stereocenters. The van der Waals surface area contributed by atoms with Crippen LogP contribution in [0.3, 0.4) is 0 Å². The van der Waals surface area contributed by atoms with Gasteiger partial charge in [0.05, 0.1) is 12.2 Å². The molecule has 1 rings (SSSR count). The molecule has 1 aromatic carbocycles. The molecule has 0 saturated heterocycles. The number of nitrogens with zero attached hydrogens (tertiary/aromatic N) is 1. The zero-order chi connectivity index (χ0) is 12.0. The van der Waals surface area contributed by atoms with Crippen LogP contribution >= 0.6 is 11.6 Å². The number of benzene rings is 1. The lowest BCUT2D eigenvalue weighted by Crippen LogP contribution is -2.15. The summed E-state index contributed by atoms with van der Waals surface area (Å²) in [6.45, 7) is 2.66. The van der Waals surface area contributed by atoms with E-state index < -0.39 is 0 Å². The molecule has 0 aliphatic carbocycles. The zero-order valence-electron chi connectivity index (χ0n) is 9.11. The van der Waals surface area contributed by atoms with E-state index in [1.165, 1.54) is 0 Å². The van der Waals surface area contributed by atoms with Crippen LogP contribution in [0.15, 0.2) is 23.4 Å². The van der Waals surface area contributed by atoms with Gasteiger partial charge >= 0.3 is 0 Å². The summed E-state index contributed by atoms with van der Waals surface area (Å²) in [7, 11) is 0. The first-order valence-corrected chi connectivity index (χ1v) is 5.47. The molecule has 3 N–H and O–H groups in total. The number of oxime groups is 1. The van der Waals surface area contributed by atoms with E-state index in [1.807, 2.05) is 0 Å². The molecule has 0 aromatic heterocycles. The minimum absolute atomic E-state index is 0.0168. The maximum absolute atomic E-state index is 8.63. The van der Waals surface area contributed by atoms with Gasteiger partial charge in [0.2, 0.25) is 0 Å². The SMILES string of the molecule is CCCCOc1cc(Cl)ccc1/C(N)=N/O. The zero-order valence-corrected chi connectivity index (χ0v) is 9.87. The summed E-state index contributed by atoms with van der Waals surface area (Å²) < 4.78 is 5.52. The van der Waals surface area contributed by atoms with Crippen molar-refractivity contribution in [2.24, 2.45) is 10.9 Å². The monoisotopic (exact) mass is 242 g/mol. The van der Waals surface area contributed by atoms with Gasteiger partial charge in [-0.15, -0.1) is 0 Å². The minimum atomic E-state index is 0.0168. The van der Waals surface area contributed by atoms with Crippen LogP contribution in [-0.2, 0) is 0 Å². The van der Waals surface area contributed by atoms with E-state index >= 15 is 0 Å². The molecule has 16 heavy (non-hydrogen) atoms. The van der Waals surface area contributed by atoms with Crippen molar-refractivity contribution in [3.8, 4) is 5.75 Å². The molecule has 0 heterocycles.